The molecule has 2 aliphatic heterocycles. The third kappa shape index (κ3) is 7.26. The molecule has 4 aromatic rings. The highest BCUT2D eigenvalue weighted by molar-refractivity contribution is 6.03. The van der Waals surface area contributed by atoms with Crippen LogP contribution in [0.15, 0.2) is 127 Å². The van der Waals surface area contributed by atoms with Crippen molar-refractivity contribution in [3.8, 4) is 11.5 Å². The van der Waals surface area contributed by atoms with Gasteiger partial charge in [0.2, 0.25) is 5.91 Å². The van der Waals surface area contributed by atoms with Crippen molar-refractivity contribution >= 4 is 17.8 Å². The Kier molecular flexibility index (Phi) is 9.87. The van der Waals surface area contributed by atoms with Crippen LogP contribution in [0.1, 0.15) is 22.7 Å². The second kappa shape index (κ2) is 14.6. The number of benzene rings is 4. The number of likely N-dealkylation sites (N-methyl/N-ethyl adjacent to an activating group) is 2. The highest BCUT2D eigenvalue weighted by Crippen LogP contribution is 2.38. The molecule has 0 saturated heterocycles. The number of para-hydroxylation sites is 1. The smallest absolute Gasteiger partial charge is 0.322 e. The first-order valence-electron chi connectivity index (χ1n) is 16.2. The number of carbonyl (C=O) groups is 3. The lowest BCUT2D eigenvalue weighted by atomic mass is 9.95. The van der Waals surface area contributed by atoms with Gasteiger partial charge in [-0.2, -0.15) is 0 Å². The van der Waals surface area contributed by atoms with Crippen LogP contribution in [0, 0.1) is 0 Å². The Hall–Kier alpha value is -5.41. The summed E-state index contributed by atoms with van der Waals surface area (Å²) < 4.78 is 6.08. The van der Waals surface area contributed by atoms with E-state index in [9.17, 15) is 14.4 Å². The average molecular weight is 644 g/mol. The molecule has 1 N–H and O–H groups in total. The van der Waals surface area contributed by atoms with E-state index in [0.717, 1.165) is 16.7 Å². The lowest BCUT2D eigenvalue weighted by molar-refractivity contribution is -0.143. The number of amides is 4. The van der Waals surface area contributed by atoms with Crippen molar-refractivity contribution < 1.29 is 19.1 Å². The number of nitrogens with one attached hydrogen (secondary N) is 1. The van der Waals surface area contributed by atoms with Crippen LogP contribution in [-0.2, 0) is 22.6 Å². The van der Waals surface area contributed by atoms with Gasteiger partial charge in [-0.1, -0.05) is 91.0 Å². The number of nitrogens with zero attached hydrogens (tertiary/aromatic N) is 4. The zero-order valence-corrected chi connectivity index (χ0v) is 27.6. The summed E-state index contributed by atoms with van der Waals surface area (Å²) in [5.41, 5.74) is 3.74. The Bertz CT molecular complexity index is 1780. The maximum absolute atomic E-state index is 14.7. The van der Waals surface area contributed by atoms with E-state index in [1.807, 2.05) is 139 Å². The molecule has 9 heteroatoms. The van der Waals surface area contributed by atoms with E-state index in [0.29, 0.717) is 48.8 Å². The van der Waals surface area contributed by atoms with E-state index in [4.69, 9.17) is 4.74 Å². The van der Waals surface area contributed by atoms with Crippen LogP contribution in [0.25, 0.3) is 0 Å². The first-order valence-corrected chi connectivity index (χ1v) is 16.2. The fourth-order valence-electron chi connectivity index (χ4n) is 6.24. The van der Waals surface area contributed by atoms with Crippen LogP contribution in [0.5, 0.6) is 11.5 Å². The van der Waals surface area contributed by atoms with Crippen LogP contribution in [0.3, 0.4) is 0 Å². The van der Waals surface area contributed by atoms with E-state index >= 15 is 0 Å². The monoisotopic (exact) mass is 643 g/mol. The molecule has 0 bridgehead atoms. The average Bonchev–Trinajstić information content (AvgIpc) is 3.45. The molecular formula is C39H41N5O4. The van der Waals surface area contributed by atoms with Crippen LogP contribution in [-0.4, -0.2) is 84.3 Å². The van der Waals surface area contributed by atoms with Crippen molar-refractivity contribution in [2.45, 2.75) is 25.0 Å². The van der Waals surface area contributed by atoms with Gasteiger partial charge in [0.1, 0.15) is 17.5 Å². The van der Waals surface area contributed by atoms with Crippen molar-refractivity contribution in [2.75, 3.05) is 40.8 Å². The molecule has 2 aliphatic rings. The van der Waals surface area contributed by atoms with Crippen LogP contribution >= 0.6 is 0 Å². The van der Waals surface area contributed by atoms with Gasteiger partial charge in [-0.15, -0.1) is 0 Å². The zero-order valence-electron chi connectivity index (χ0n) is 27.6. The lowest BCUT2D eigenvalue weighted by Crippen LogP contribution is -2.52. The number of ether oxygens (including phenoxy) is 1. The molecule has 0 aromatic heterocycles. The maximum atomic E-state index is 14.7. The van der Waals surface area contributed by atoms with Gasteiger partial charge in [-0.25, -0.2) is 4.79 Å². The van der Waals surface area contributed by atoms with Crippen molar-refractivity contribution in [1.82, 2.24) is 24.9 Å². The lowest BCUT2D eigenvalue weighted by Gasteiger charge is -2.34. The molecule has 48 heavy (non-hydrogen) atoms. The Balaban J connectivity index is 1.34. The van der Waals surface area contributed by atoms with Gasteiger partial charge < -0.3 is 24.8 Å². The summed E-state index contributed by atoms with van der Waals surface area (Å²) in [6, 6.07) is 34.7. The van der Waals surface area contributed by atoms with E-state index < -0.39 is 12.1 Å². The second-order valence-electron chi connectivity index (χ2n) is 12.5. The van der Waals surface area contributed by atoms with Crippen LogP contribution in [0.2, 0.25) is 0 Å². The molecule has 0 unspecified atom stereocenters. The quantitative estimate of drug-likeness (QED) is 0.221. The SMILES string of the molecule is CN(C)CCN(Cc1ccccc1)C(=O)[C@@H](Cc1ccccc1)N1CC2=C(C1=O)[C@H](c1cccc(Oc3ccccc3)c1)NC(=O)N2C. The summed E-state index contributed by atoms with van der Waals surface area (Å²) in [5.74, 6) is 0.875. The van der Waals surface area contributed by atoms with Crippen LogP contribution in [0.4, 0.5) is 4.79 Å². The Labute approximate surface area is 282 Å². The molecule has 4 amide bonds. The second-order valence-corrected chi connectivity index (χ2v) is 12.5. The zero-order chi connectivity index (χ0) is 33.6. The van der Waals surface area contributed by atoms with Gasteiger partial charge in [-0.05, 0) is 55.1 Å². The molecule has 9 nitrogen and oxygen atoms in total. The summed E-state index contributed by atoms with van der Waals surface area (Å²) in [5, 5.41) is 3.03. The fourth-order valence-corrected chi connectivity index (χ4v) is 6.24. The molecule has 0 saturated carbocycles. The summed E-state index contributed by atoms with van der Waals surface area (Å²) >= 11 is 0. The summed E-state index contributed by atoms with van der Waals surface area (Å²) in [6.45, 7) is 1.73. The van der Waals surface area contributed by atoms with Gasteiger partial charge in [-0.3, -0.25) is 14.5 Å². The minimum atomic E-state index is -0.784. The van der Waals surface area contributed by atoms with E-state index in [1.54, 1.807) is 11.9 Å². The Morgan fingerprint density at radius 3 is 2.12 bits per heavy atom. The highest BCUT2D eigenvalue weighted by atomic mass is 16.5. The topological polar surface area (TPSA) is 85.4 Å². The van der Waals surface area contributed by atoms with E-state index in [1.165, 1.54) is 4.90 Å². The number of urea groups is 1. The number of hydrogen-bond acceptors (Lipinski definition) is 5. The Morgan fingerprint density at radius 2 is 1.46 bits per heavy atom. The van der Waals surface area contributed by atoms with Crippen molar-refractivity contribution in [3.63, 3.8) is 0 Å². The Morgan fingerprint density at radius 1 is 0.833 bits per heavy atom. The van der Waals surface area contributed by atoms with Gasteiger partial charge in [0.05, 0.1) is 23.9 Å². The van der Waals surface area contributed by atoms with Gasteiger partial charge in [0.25, 0.3) is 5.91 Å². The predicted molar refractivity (Wildman–Crippen MR) is 185 cm³/mol. The number of rotatable bonds is 12. The molecule has 6 rings (SSSR count). The minimum absolute atomic E-state index is 0.130. The minimum Gasteiger partial charge on any atom is -0.457 e. The summed E-state index contributed by atoms with van der Waals surface area (Å²) in [6.07, 6.45) is 0.343. The van der Waals surface area contributed by atoms with Crippen molar-refractivity contribution in [1.29, 1.82) is 0 Å². The molecule has 0 spiro atoms. The van der Waals surface area contributed by atoms with Gasteiger partial charge in [0, 0.05) is 33.1 Å². The third-order valence-electron chi connectivity index (χ3n) is 8.84. The maximum Gasteiger partial charge on any atom is 0.322 e. The van der Waals surface area contributed by atoms with Crippen molar-refractivity contribution in [2.24, 2.45) is 0 Å². The third-order valence-corrected chi connectivity index (χ3v) is 8.84. The standard InChI is InChI=1S/C39H41N5O4/c1-41(2)22-23-43(26-29-16-9-5-10-17-29)37(45)33(24-28-14-7-4-8-15-28)44-27-34-35(38(44)46)36(40-39(47)42(34)3)30-18-13-21-32(25-30)48-31-19-11-6-12-20-31/h4-21,25,33,36H,22-24,26-27H2,1-3H3,(H,40,47)/t33-,36+/m1/s1. The normalized spacial score (nSPS) is 16.5. The van der Waals surface area contributed by atoms with E-state index in [-0.39, 0.29) is 24.4 Å². The molecule has 2 heterocycles. The molecule has 246 valence electrons. The number of hydrogen-bond donors (Lipinski definition) is 1. The first-order chi connectivity index (χ1) is 23.3. The van der Waals surface area contributed by atoms with Crippen LogP contribution < -0.4 is 10.1 Å². The molecule has 4 aromatic carbocycles. The molecule has 0 aliphatic carbocycles. The highest BCUT2D eigenvalue weighted by Gasteiger charge is 2.47. The summed E-state index contributed by atoms with van der Waals surface area (Å²) in [4.78, 5) is 49.7. The van der Waals surface area contributed by atoms with Gasteiger partial charge >= 0.3 is 6.03 Å². The van der Waals surface area contributed by atoms with Crippen molar-refractivity contribution in [3.05, 3.63) is 143 Å². The molecule has 0 fully saturated rings. The van der Waals surface area contributed by atoms with E-state index in [2.05, 4.69) is 5.32 Å². The largest absolute Gasteiger partial charge is 0.457 e. The fraction of sp³-hybridized carbons (Fsp3) is 0.256. The molecule has 0 radical (unpaired) electrons. The summed E-state index contributed by atoms with van der Waals surface area (Å²) in [7, 11) is 5.63. The predicted octanol–water partition coefficient (Wildman–Crippen LogP) is 5.47. The molecular weight excluding hydrogens is 602 g/mol. The first kappa shape index (κ1) is 32.5. The number of carbonyl (C=O) groups excluding carboxylic acids is 3. The molecule has 2 atom stereocenters. The van der Waals surface area contributed by atoms with Gasteiger partial charge in [0.15, 0.2) is 0 Å².